The molecule has 1 aliphatic heterocycles. The van der Waals surface area contributed by atoms with E-state index in [2.05, 4.69) is 25.0 Å². The molecule has 0 radical (unpaired) electrons. The lowest BCUT2D eigenvalue weighted by Crippen LogP contribution is -2.33. The third-order valence-corrected chi connectivity index (χ3v) is 3.50. The Labute approximate surface area is 108 Å². The van der Waals surface area contributed by atoms with Crippen LogP contribution in [0.4, 0.5) is 0 Å². The van der Waals surface area contributed by atoms with E-state index in [1.54, 1.807) is 0 Å². The van der Waals surface area contributed by atoms with Crippen LogP contribution in [0.5, 0.6) is 0 Å². The summed E-state index contributed by atoms with van der Waals surface area (Å²) in [5.74, 6) is 1.05. The van der Waals surface area contributed by atoms with Gasteiger partial charge in [0, 0.05) is 13.1 Å². The Morgan fingerprint density at radius 3 is 3.22 bits per heavy atom. The SMILES string of the molecule is CCc1nnsc1-c1nc(C2CNCCO2)no1. The van der Waals surface area contributed by atoms with Crippen LogP contribution in [-0.2, 0) is 11.2 Å². The van der Waals surface area contributed by atoms with Crippen molar-refractivity contribution in [1.29, 1.82) is 0 Å². The van der Waals surface area contributed by atoms with Crippen LogP contribution in [0.1, 0.15) is 24.5 Å². The van der Waals surface area contributed by atoms with Crippen molar-refractivity contribution < 1.29 is 9.26 Å². The van der Waals surface area contributed by atoms with Gasteiger partial charge < -0.3 is 14.6 Å². The second-order valence-corrected chi connectivity index (χ2v) is 4.68. The van der Waals surface area contributed by atoms with E-state index in [0.717, 1.165) is 23.5 Å². The molecule has 8 heteroatoms. The van der Waals surface area contributed by atoms with Crippen molar-refractivity contribution >= 4 is 11.5 Å². The van der Waals surface area contributed by atoms with Gasteiger partial charge in [0.1, 0.15) is 11.0 Å². The fourth-order valence-corrected chi connectivity index (χ4v) is 2.46. The molecule has 1 atom stereocenters. The lowest BCUT2D eigenvalue weighted by Gasteiger charge is -2.20. The Morgan fingerprint density at radius 2 is 2.44 bits per heavy atom. The van der Waals surface area contributed by atoms with Crippen molar-refractivity contribution in [3.8, 4) is 10.8 Å². The lowest BCUT2D eigenvalue weighted by molar-refractivity contribution is 0.0208. The molecule has 7 nitrogen and oxygen atoms in total. The van der Waals surface area contributed by atoms with Crippen molar-refractivity contribution in [3.63, 3.8) is 0 Å². The van der Waals surface area contributed by atoms with Gasteiger partial charge in [0.15, 0.2) is 0 Å². The molecule has 0 aromatic carbocycles. The molecule has 0 aliphatic carbocycles. The predicted octanol–water partition coefficient (Wildman–Crippen LogP) is 0.811. The van der Waals surface area contributed by atoms with E-state index >= 15 is 0 Å². The zero-order valence-electron chi connectivity index (χ0n) is 9.92. The molecular weight excluding hydrogens is 254 g/mol. The number of aryl methyl sites for hydroxylation is 1. The Kier molecular flexibility index (Phi) is 3.31. The van der Waals surface area contributed by atoms with Crippen molar-refractivity contribution in [1.82, 2.24) is 25.0 Å². The van der Waals surface area contributed by atoms with E-state index in [4.69, 9.17) is 9.26 Å². The maximum Gasteiger partial charge on any atom is 0.271 e. The molecule has 3 heterocycles. The highest BCUT2D eigenvalue weighted by atomic mass is 32.1. The smallest absolute Gasteiger partial charge is 0.271 e. The highest BCUT2D eigenvalue weighted by molar-refractivity contribution is 7.09. The molecule has 1 fully saturated rings. The number of hydrogen-bond donors (Lipinski definition) is 1. The quantitative estimate of drug-likeness (QED) is 0.880. The minimum Gasteiger partial charge on any atom is -0.367 e. The molecule has 2 aromatic rings. The van der Waals surface area contributed by atoms with Crippen LogP contribution < -0.4 is 5.32 Å². The van der Waals surface area contributed by atoms with Crippen molar-refractivity contribution in [3.05, 3.63) is 11.5 Å². The summed E-state index contributed by atoms with van der Waals surface area (Å²) in [5, 5.41) is 11.2. The van der Waals surface area contributed by atoms with Gasteiger partial charge in [0.2, 0.25) is 5.82 Å². The van der Waals surface area contributed by atoms with Crippen LogP contribution in [0, 0.1) is 0 Å². The maximum absolute atomic E-state index is 5.58. The minimum atomic E-state index is -0.137. The van der Waals surface area contributed by atoms with Crippen LogP contribution >= 0.6 is 11.5 Å². The maximum atomic E-state index is 5.58. The van der Waals surface area contributed by atoms with Gasteiger partial charge in [-0.2, -0.15) is 4.98 Å². The van der Waals surface area contributed by atoms with E-state index in [1.807, 2.05) is 6.92 Å². The first-order valence-corrected chi connectivity index (χ1v) is 6.63. The number of nitrogens with one attached hydrogen (secondary N) is 1. The van der Waals surface area contributed by atoms with E-state index in [9.17, 15) is 0 Å². The average molecular weight is 267 g/mol. The summed E-state index contributed by atoms with van der Waals surface area (Å²) < 4.78 is 14.8. The monoisotopic (exact) mass is 267 g/mol. The fourth-order valence-electron chi connectivity index (χ4n) is 1.79. The van der Waals surface area contributed by atoms with Gasteiger partial charge in [-0.3, -0.25) is 0 Å². The van der Waals surface area contributed by atoms with Crippen LogP contribution in [-0.4, -0.2) is 39.4 Å². The molecule has 0 bridgehead atoms. The summed E-state index contributed by atoms with van der Waals surface area (Å²) in [5.41, 5.74) is 0.887. The van der Waals surface area contributed by atoms with Crippen LogP contribution in [0.3, 0.4) is 0 Å². The van der Waals surface area contributed by atoms with Crippen molar-refractivity contribution in [2.75, 3.05) is 19.7 Å². The highest BCUT2D eigenvalue weighted by Crippen LogP contribution is 2.26. The number of aromatic nitrogens is 4. The summed E-state index contributed by atoms with van der Waals surface area (Å²) in [4.78, 5) is 5.22. The van der Waals surface area contributed by atoms with Crippen molar-refractivity contribution in [2.45, 2.75) is 19.4 Å². The van der Waals surface area contributed by atoms with Crippen molar-refractivity contribution in [2.24, 2.45) is 0 Å². The topological polar surface area (TPSA) is 86.0 Å². The normalized spacial score (nSPS) is 20.2. The fraction of sp³-hybridized carbons (Fsp3) is 0.600. The molecule has 96 valence electrons. The summed E-state index contributed by atoms with van der Waals surface area (Å²) >= 11 is 1.27. The molecule has 1 N–H and O–H groups in total. The second-order valence-electron chi connectivity index (χ2n) is 3.92. The Bertz CT molecular complexity index is 520. The zero-order chi connectivity index (χ0) is 12.4. The summed E-state index contributed by atoms with van der Waals surface area (Å²) in [6.07, 6.45) is 0.660. The van der Waals surface area contributed by atoms with Gasteiger partial charge >= 0.3 is 0 Å². The number of morpholine rings is 1. The third-order valence-electron chi connectivity index (χ3n) is 2.74. The number of ether oxygens (including phenoxy) is 1. The molecule has 1 aliphatic rings. The number of rotatable bonds is 3. The van der Waals surface area contributed by atoms with Crippen LogP contribution in [0.15, 0.2) is 4.52 Å². The zero-order valence-corrected chi connectivity index (χ0v) is 10.7. The van der Waals surface area contributed by atoms with Gasteiger partial charge in [-0.1, -0.05) is 16.6 Å². The first kappa shape index (κ1) is 11.7. The molecule has 2 aromatic heterocycles. The number of nitrogens with zero attached hydrogens (tertiary/aromatic N) is 4. The van der Waals surface area contributed by atoms with E-state index in [-0.39, 0.29) is 6.10 Å². The molecule has 3 rings (SSSR count). The predicted molar refractivity (Wildman–Crippen MR) is 64.1 cm³/mol. The molecule has 0 amide bonds. The number of hydrogen-bond acceptors (Lipinski definition) is 8. The molecule has 1 saturated heterocycles. The van der Waals surface area contributed by atoms with Gasteiger partial charge in [-0.05, 0) is 18.0 Å². The van der Waals surface area contributed by atoms with Gasteiger partial charge in [0.05, 0.1) is 12.3 Å². The minimum absolute atomic E-state index is 0.137. The molecule has 18 heavy (non-hydrogen) atoms. The van der Waals surface area contributed by atoms with Gasteiger partial charge in [-0.15, -0.1) is 5.10 Å². The first-order valence-electron chi connectivity index (χ1n) is 5.86. The first-order chi connectivity index (χ1) is 8.88. The van der Waals surface area contributed by atoms with E-state index < -0.39 is 0 Å². The lowest BCUT2D eigenvalue weighted by atomic mass is 10.3. The average Bonchev–Trinajstić information content (AvgIpc) is 3.08. The summed E-state index contributed by atoms with van der Waals surface area (Å²) in [6, 6.07) is 0. The molecular formula is C10H13N5O2S. The molecule has 1 unspecified atom stereocenters. The summed E-state index contributed by atoms with van der Waals surface area (Å²) in [7, 11) is 0. The van der Waals surface area contributed by atoms with Crippen LogP contribution in [0.25, 0.3) is 10.8 Å². The largest absolute Gasteiger partial charge is 0.367 e. The molecule has 0 saturated carbocycles. The van der Waals surface area contributed by atoms with Gasteiger partial charge in [0.25, 0.3) is 5.89 Å². The summed E-state index contributed by atoms with van der Waals surface area (Å²) in [6.45, 7) is 4.25. The Balaban J connectivity index is 1.84. The van der Waals surface area contributed by atoms with E-state index in [0.29, 0.717) is 24.9 Å². The van der Waals surface area contributed by atoms with E-state index in [1.165, 1.54) is 11.5 Å². The second kappa shape index (κ2) is 5.09. The Hall–Kier alpha value is -1.38. The molecule has 0 spiro atoms. The standard InChI is InChI=1S/C10H13N5O2S/c1-2-6-8(18-15-13-6)10-12-9(14-17-10)7-5-11-3-4-16-7/h7,11H,2-5H2,1H3. The van der Waals surface area contributed by atoms with Crippen LogP contribution in [0.2, 0.25) is 0 Å². The third kappa shape index (κ3) is 2.14. The van der Waals surface area contributed by atoms with Gasteiger partial charge in [-0.25, -0.2) is 0 Å². The Morgan fingerprint density at radius 1 is 1.50 bits per heavy atom. The highest BCUT2D eigenvalue weighted by Gasteiger charge is 2.23.